The van der Waals surface area contributed by atoms with Crippen molar-refractivity contribution in [3.05, 3.63) is 47.3 Å². The van der Waals surface area contributed by atoms with Gasteiger partial charge in [0.15, 0.2) is 23.1 Å². The Kier molecular flexibility index (Phi) is 7.26. The van der Waals surface area contributed by atoms with Crippen molar-refractivity contribution in [3.63, 3.8) is 0 Å². The minimum atomic E-state index is -0.712. The number of esters is 1. The number of methoxy groups -OCH3 is 3. The molecule has 1 N–H and O–H groups in total. The third kappa shape index (κ3) is 5.40. The van der Waals surface area contributed by atoms with Gasteiger partial charge in [0, 0.05) is 17.5 Å². The first-order valence-electron chi connectivity index (χ1n) is 9.17. The van der Waals surface area contributed by atoms with Gasteiger partial charge in [-0.25, -0.2) is 9.18 Å². The van der Waals surface area contributed by atoms with Crippen LogP contribution in [0.5, 0.6) is 17.2 Å². The first kappa shape index (κ1) is 23.0. The second-order valence-corrected chi connectivity index (χ2v) is 7.50. The topological polar surface area (TPSA) is 83.1 Å². The molecule has 162 valence electrons. The van der Waals surface area contributed by atoms with Crippen molar-refractivity contribution in [3.8, 4) is 17.2 Å². The largest absolute Gasteiger partial charge is 0.494 e. The molecule has 2 aromatic carbocycles. The summed E-state index contributed by atoms with van der Waals surface area (Å²) in [7, 11) is 4.24. The van der Waals surface area contributed by atoms with Gasteiger partial charge in [-0.3, -0.25) is 4.79 Å². The number of rotatable bonds is 7. The summed E-state index contributed by atoms with van der Waals surface area (Å²) in [4.78, 5) is 25.2. The fourth-order valence-corrected chi connectivity index (χ4v) is 2.49. The quantitative estimate of drug-likeness (QED) is 0.678. The Morgan fingerprint density at radius 1 is 0.933 bits per heavy atom. The summed E-state index contributed by atoms with van der Waals surface area (Å²) in [5.74, 6) is -0.825. The van der Waals surface area contributed by atoms with Crippen LogP contribution in [0, 0.1) is 11.2 Å². The van der Waals surface area contributed by atoms with Crippen LogP contribution in [0.3, 0.4) is 0 Å². The molecule has 0 unspecified atom stereocenters. The van der Waals surface area contributed by atoms with E-state index in [4.69, 9.17) is 18.9 Å². The van der Waals surface area contributed by atoms with Crippen molar-refractivity contribution in [2.24, 2.45) is 5.41 Å². The third-order valence-corrected chi connectivity index (χ3v) is 4.26. The van der Waals surface area contributed by atoms with Gasteiger partial charge < -0.3 is 24.3 Å². The van der Waals surface area contributed by atoms with Crippen LogP contribution >= 0.6 is 0 Å². The average Bonchev–Trinajstić information content (AvgIpc) is 2.70. The van der Waals surface area contributed by atoms with Gasteiger partial charge in [0.2, 0.25) is 5.91 Å². The Labute approximate surface area is 175 Å². The van der Waals surface area contributed by atoms with Crippen LogP contribution in [-0.4, -0.2) is 33.2 Å². The zero-order valence-corrected chi connectivity index (χ0v) is 17.9. The highest BCUT2D eigenvalue weighted by Gasteiger charge is 2.25. The molecule has 0 spiro atoms. The van der Waals surface area contributed by atoms with Crippen LogP contribution in [0.4, 0.5) is 10.1 Å². The molecule has 0 aliphatic carbocycles. The van der Waals surface area contributed by atoms with Crippen molar-refractivity contribution in [2.45, 2.75) is 27.4 Å². The lowest BCUT2D eigenvalue weighted by atomic mass is 9.95. The second-order valence-electron chi connectivity index (χ2n) is 7.50. The lowest BCUT2D eigenvalue weighted by molar-refractivity contribution is -0.123. The van der Waals surface area contributed by atoms with E-state index in [2.05, 4.69) is 5.32 Å². The van der Waals surface area contributed by atoms with Crippen molar-refractivity contribution in [1.82, 2.24) is 0 Å². The van der Waals surface area contributed by atoms with Crippen LogP contribution in [0.2, 0.25) is 0 Å². The van der Waals surface area contributed by atoms with E-state index in [1.165, 1.54) is 45.6 Å². The molecule has 0 aliphatic rings. The summed E-state index contributed by atoms with van der Waals surface area (Å²) in [5.41, 5.74) is 0.0646. The molecule has 0 heterocycles. The maximum atomic E-state index is 13.9. The van der Waals surface area contributed by atoms with E-state index in [-0.39, 0.29) is 29.5 Å². The molecular weight excluding hydrogens is 393 g/mol. The summed E-state index contributed by atoms with van der Waals surface area (Å²) >= 11 is 0. The SMILES string of the molecule is COc1ccc(COC(=O)c2cc(OC)c(OC)cc2NC(=O)C(C)(C)C)cc1F. The number of hydrogen-bond donors (Lipinski definition) is 1. The Morgan fingerprint density at radius 2 is 1.53 bits per heavy atom. The molecule has 0 aromatic heterocycles. The van der Waals surface area contributed by atoms with Gasteiger partial charge in [-0.2, -0.15) is 0 Å². The van der Waals surface area contributed by atoms with Crippen LogP contribution in [-0.2, 0) is 16.1 Å². The van der Waals surface area contributed by atoms with Gasteiger partial charge in [-0.15, -0.1) is 0 Å². The molecule has 0 bridgehead atoms. The van der Waals surface area contributed by atoms with Gasteiger partial charge in [-0.1, -0.05) is 26.8 Å². The number of ether oxygens (including phenoxy) is 4. The molecule has 0 fully saturated rings. The summed E-state index contributed by atoms with van der Waals surface area (Å²) in [6.07, 6.45) is 0. The number of anilines is 1. The van der Waals surface area contributed by atoms with E-state index in [1.807, 2.05) is 0 Å². The smallest absolute Gasteiger partial charge is 0.340 e. The average molecular weight is 419 g/mol. The predicted molar refractivity (Wildman–Crippen MR) is 110 cm³/mol. The maximum absolute atomic E-state index is 13.9. The number of carbonyl (C=O) groups is 2. The minimum absolute atomic E-state index is 0.0826. The Morgan fingerprint density at radius 3 is 2.07 bits per heavy atom. The van der Waals surface area contributed by atoms with Gasteiger partial charge in [-0.05, 0) is 17.7 Å². The molecular formula is C22H26FNO6. The first-order valence-corrected chi connectivity index (χ1v) is 9.17. The van der Waals surface area contributed by atoms with Gasteiger partial charge in [0.25, 0.3) is 0 Å². The summed E-state index contributed by atoms with van der Waals surface area (Å²) in [6, 6.07) is 7.18. The molecule has 2 rings (SSSR count). The van der Waals surface area contributed by atoms with Crippen LogP contribution in [0.25, 0.3) is 0 Å². The minimum Gasteiger partial charge on any atom is -0.494 e. The molecule has 8 heteroatoms. The number of nitrogens with one attached hydrogen (secondary N) is 1. The van der Waals surface area contributed by atoms with Crippen molar-refractivity contribution >= 4 is 17.6 Å². The van der Waals surface area contributed by atoms with Crippen molar-refractivity contribution in [1.29, 1.82) is 0 Å². The van der Waals surface area contributed by atoms with Gasteiger partial charge in [0.1, 0.15) is 6.61 Å². The molecule has 30 heavy (non-hydrogen) atoms. The zero-order chi connectivity index (χ0) is 22.5. The number of hydrogen-bond acceptors (Lipinski definition) is 6. The zero-order valence-electron chi connectivity index (χ0n) is 17.9. The fourth-order valence-electron chi connectivity index (χ4n) is 2.49. The van der Waals surface area contributed by atoms with Crippen LogP contribution in [0.15, 0.2) is 30.3 Å². The number of benzene rings is 2. The number of halogens is 1. The Bertz CT molecular complexity index is 936. The van der Waals surface area contributed by atoms with E-state index >= 15 is 0 Å². The molecule has 7 nitrogen and oxygen atoms in total. The van der Waals surface area contributed by atoms with Gasteiger partial charge >= 0.3 is 5.97 Å². The Balaban J connectivity index is 2.31. The summed E-state index contributed by atoms with van der Waals surface area (Å²) in [6.45, 7) is 5.08. The maximum Gasteiger partial charge on any atom is 0.340 e. The third-order valence-electron chi connectivity index (χ3n) is 4.26. The lowest BCUT2D eigenvalue weighted by Crippen LogP contribution is -2.28. The normalized spacial score (nSPS) is 10.9. The monoisotopic (exact) mass is 419 g/mol. The standard InChI is InChI=1S/C22H26FNO6/c1-22(2,3)21(26)24-16-11-19(29-6)18(28-5)10-14(16)20(25)30-12-13-7-8-17(27-4)15(23)9-13/h7-11H,12H2,1-6H3,(H,24,26). The first-order chi connectivity index (χ1) is 14.1. The lowest BCUT2D eigenvalue weighted by Gasteiger charge is -2.20. The van der Waals surface area contributed by atoms with Gasteiger partial charge in [0.05, 0.1) is 32.6 Å². The number of amides is 1. The van der Waals surface area contributed by atoms with E-state index in [0.29, 0.717) is 17.1 Å². The predicted octanol–water partition coefficient (Wildman–Crippen LogP) is 4.19. The fraction of sp³-hybridized carbons (Fsp3) is 0.364. The Hall–Kier alpha value is -3.29. The van der Waals surface area contributed by atoms with E-state index < -0.39 is 17.2 Å². The highest BCUT2D eigenvalue weighted by atomic mass is 19.1. The summed E-state index contributed by atoms with van der Waals surface area (Å²) < 4.78 is 34.6. The molecule has 1 amide bonds. The highest BCUT2D eigenvalue weighted by Crippen LogP contribution is 2.34. The highest BCUT2D eigenvalue weighted by molar-refractivity contribution is 6.03. The molecule has 0 saturated heterocycles. The number of carbonyl (C=O) groups excluding carboxylic acids is 2. The van der Waals surface area contributed by atoms with Crippen molar-refractivity contribution in [2.75, 3.05) is 26.6 Å². The molecule has 0 aliphatic heterocycles. The van der Waals surface area contributed by atoms with Crippen LogP contribution < -0.4 is 19.5 Å². The van der Waals surface area contributed by atoms with E-state index in [9.17, 15) is 14.0 Å². The molecule has 2 aromatic rings. The molecule has 0 radical (unpaired) electrons. The van der Waals surface area contributed by atoms with Crippen LogP contribution in [0.1, 0.15) is 36.7 Å². The molecule has 0 atom stereocenters. The second kappa shape index (κ2) is 9.47. The van der Waals surface area contributed by atoms with Crippen molar-refractivity contribution < 1.29 is 32.9 Å². The van der Waals surface area contributed by atoms with E-state index in [1.54, 1.807) is 26.8 Å². The van der Waals surface area contributed by atoms with E-state index in [0.717, 1.165) is 0 Å². The summed E-state index contributed by atoms with van der Waals surface area (Å²) in [5, 5.41) is 2.73. The molecule has 0 saturated carbocycles.